The standard InChI is InChI=1S/C19H34N2O3/c1-19(2,3)24-18(22)21-11-5-6-14(9-12-21)20-16-7-4-8-17-15(16)10-13-23-17/h14-17,20H,4-13H2,1-3H3/t14-,15+,16+,17+/m0/s1. The van der Waals surface area contributed by atoms with Crippen LogP contribution in [0.1, 0.15) is 65.7 Å². The van der Waals surface area contributed by atoms with E-state index in [4.69, 9.17) is 9.47 Å². The van der Waals surface area contributed by atoms with E-state index >= 15 is 0 Å². The first-order valence-electron chi connectivity index (χ1n) is 9.78. The Kier molecular flexibility index (Phi) is 5.70. The minimum absolute atomic E-state index is 0.162. The first-order valence-corrected chi connectivity index (χ1v) is 9.78. The Morgan fingerprint density at radius 1 is 1.08 bits per heavy atom. The van der Waals surface area contributed by atoms with E-state index in [9.17, 15) is 4.79 Å². The summed E-state index contributed by atoms with van der Waals surface area (Å²) in [5, 5.41) is 3.92. The third-order valence-corrected chi connectivity index (χ3v) is 5.61. The molecule has 1 aliphatic carbocycles. The van der Waals surface area contributed by atoms with Crippen LogP contribution in [-0.4, -0.2) is 54.5 Å². The zero-order valence-corrected chi connectivity index (χ0v) is 15.6. The molecule has 0 aromatic heterocycles. The highest BCUT2D eigenvalue weighted by Crippen LogP contribution is 2.35. The highest BCUT2D eigenvalue weighted by atomic mass is 16.6. The van der Waals surface area contributed by atoms with Crippen molar-refractivity contribution < 1.29 is 14.3 Å². The Hall–Kier alpha value is -0.810. The van der Waals surface area contributed by atoms with Gasteiger partial charge in [-0.15, -0.1) is 0 Å². The Labute approximate surface area is 146 Å². The molecule has 5 nitrogen and oxygen atoms in total. The van der Waals surface area contributed by atoms with Gasteiger partial charge in [-0.25, -0.2) is 4.79 Å². The minimum Gasteiger partial charge on any atom is -0.444 e. The van der Waals surface area contributed by atoms with Crippen molar-refractivity contribution in [1.29, 1.82) is 0 Å². The van der Waals surface area contributed by atoms with Crippen LogP contribution in [0.4, 0.5) is 4.79 Å². The molecule has 3 rings (SSSR count). The van der Waals surface area contributed by atoms with Gasteiger partial charge in [-0.2, -0.15) is 0 Å². The van der Waals surface area contributed by atoms with Crippen LogP contribution in [0, 0.1) is 5.92 Å². The number of carbonyl (C=O) groups excluding carboxylic acids is 1. The van der Waals surface area contributed by atoms with Crippen molar-refractivity contribution in [2.24, 2.45) is 5.92 Å². The number of nitrogens with one attached hydrogen (secondary N) is 1. The molecule has 4 atom stereocenters. The molecule has 2 heterocycles. The van der Waals surface area contributed by atoms with Crippen molar-refractivity contribution >= 4 is 6.09 Å². The van der Waals surface area contributed by atoms with E-state index in [-0.39, 0.29) is 6.09 Å². The van der Waals surface area contributed by atoms with Crippen LogP contribution in [0.15, 0.2) is 0 Å². The summed E-state index contributed by atoms with van der Waals surface area (Å²) in [6.45, 7) is 8.32. The predicted octanol–water partition coefficient (Wildman–Crippen LogP) is 3.32. The maximum atomic E-state index is 12.3. The highest BCUT2D eigenvalue weighted by Gasteiger charge is 2.38. The number of nitrogens with zero attached hydrogens (tertiary/aromatic N) is 1. The molecule has 1 saturated carbocycles. The average Bonchev–Trinajstić information content (AvgIpc) is 2.86. The van der Waals surface area contributed by atoms with Gasteiger partial charge < -0.3 is 19.7 Å². The number of rotatable bonds is 2. The molecule has 1 amide bonds. The van der Waals surface area contributed by atoms with Crippen molar-refractivity contribution in [3.8, 4) is 0 Å². The van der Waals surface area contributed by atoms with Gasteiger partial charge in [0, 0.05) is 37.7 Å². The Bertz CT molecular complexity index is 435. The van der Waals surface area contributed by atoms with E-state index in [1.165, 1.54) is 25.7 Å². The minimum atomic E-state index is -0.416. The maximum Gasteiger partial charge on any atom is 0.410 e. The Morgan fingerprint density at radius 3 is 2.71 bits per heavy atom. The molecule has 3 aliphatic rings. The quantitative estimate of drug-likeness (QED) is 0.839. The number of hydrogen-bond acceptors (Lipinski definition) is 4. The van der Waals surface area contributed by atoms with Crippen LogP contribution >= 0.6 is 0 Å². The molecule has 138 valence electrons. The SMILES string of the molecule is CC(C)(C)OC(=O)N1CCC[C@H](N[C@@H]2CCC[C@H]3OCC[C@H]23)CC1. The van der Waals surface area contributed by atoms with Gasteiger partial charge in [-0.05, 0) is 65.7 Å². The molecule has 3 fully saturated rings. The van der Waals surface area contributed by atoms with Crippen molar-refractivity contribution in [2.45, 2.75) is 89.5 Å². The summed E-state index contributed by atoms with van der Waals surface area (Å²) in [5.74, 6) is 0.698. The van der Waals surface area contributed by atoms with Gasteiger partial charge in [-0.3, -0.25) is 0 Å². The van der Waals surface area contributed by atoms with Gasteiger partial charge in [0.15, 0.2) is 0 Å². The summed E-state index contributed by atoms with van der Waals surface area (Å²) in [6, 6.07) is 1.12. The zero-order chi connectivity index (χ0) is 17.2. The monoisotopic (exact) mass is 338 g/mol. The number of ether oxygens (including phenoxy) is 2. The summed E-state index contributed by atoms with van der Waals surface area (Å²) < 4.78 is 11.4. The first-order chi connectivity index (χ1) is 11.4. The van der Waals surface area contributed by atoms with Gasteiger partial charge in [-0.1, -0.05) is 0 Å². The lowest BCUT2D eigenvalue weighted by atomic mass is 9.81. The van der Waals surface area contributed by atoms with Crippen LogP contribution in [-0.2, 0) is 9.47 Å². The molecular formula is C19H34N2O3. The molecule has 0 aromatic rings. The summed E-state index contributed by atoms with van der Waals surface area (Å²) in [4.78, 5) is 14.2. The second-order valence-electron chi connectivity index (χ2n) is 8.66. The lowest BCUT2D eigenvalue weighted by Gasteiger charge is -2.36. The van der Waals surface area contributed by atoms with Gasteiger partial charge in [0.25, 0.3) is 0 Å². The van der Waals surface area contributed by atoms with Crippen LogP contribution in [0.25, 0.3) is 0 Å². The molecule has 1 N–H and O–H groups in total. The molecule has 2 saturated heterocycles. The van der Waals surface area contributed by atoms with E-state index in [0.29, 0.717) is 24.1 Å². The molecule has 5 heteroatoms. The highest BCUT2D eigenvalue weighted by molar-refractivity contribution is 5.68. The molecule has 0 unspecified atom stereocenters. The summed E-state index contributed by atoms with van der Waals surface area (Å²) in [6.07, 6.45) is 8.53. The van der Waals surface area contributed by atoms with Gasteiger partial charge in [0.05, 0.1) is 6.10 Å². The van der Waals surface area contributed by atoms with E-state index in [1.54, 1.807) is 0 Å². The predicted molar refractivity (Wildman–Crippen MR) is 94.1 cm³/mol. The fourth-order valence-electron chi connectivity index (χ4n) is 4.46. The van der Waals surface area contributed by atoms with Crippen LogP contribution in [0.2, 0.25) is 0 Å². The van der Waals surface area contributed by atoms with Gasteiger partial charge >= 0.3 is 6.09 Å². The molecule has 2 aliphatic heterocycles. The lowest BCUT2D eigenvalue weighted by Crippen LogP contribution is -2.47. The van der Waals surface area contributed by atoms with Gasteiger partial charge in [0.2, 0.25) is 0 Å². The number of amides is 1. The van der Waals surface area contributed by atoms with E-state index in [0.717, 1.165) is 39.0 Å². The second kappa shape index (κ2) is 7.61. The molecule has 24 heavy (non-hydrogen) atoms. The molecule has 0 aromatic carbocycles. The number of carbonyl (C=O) groups is 1. The maximum absolute atomic E-state index is 12.3. The smallest absolute Gasteiger partial charge is 0.410 e. The van der Waals surface area contributed by atoms with Crippen LogP contribution in [0.5, 0.6) is 0 Å². The number of likely N-dealkylation sites (tertiary alicyclic amines) is 1. The Balaban J connectivity index is 1.49. The zero-order valence-electron chi connectivity index (χ0n) is 15.6. The van der Waals surface area contributed by atoms with E-state index in [2.05, 4.69) is 5.32 Å². The van der Waals surface area contributed by atoms with Gasteiger partial charge in [0.1, 0.15) is 5.60 Å². The third kappa shape index (κ3) is 4.63. The van der Waals surface area contributed by atoms with E-state index < -0.39 is 5.60 Å². The van der Waals surface area contributed by atoms with Crippen LogP contribution < -0.4 is 5.32 Å². The third-order valence-electron chi connectivity index (χ3n) is 5.61. The molecule has 0 radical (unpaired) electrons. The molecule has 0 bridgehead atoms. The molecular weight excluding hydrogens is 304 g/mol. The van der Waals surface area contributed by atoms with Crippen molar-refractivity contribution in [2.75, 3.05) is 19.7 Å². The first kappa shape index (κ1) is 18.0. The Morgan fingerprint density at radius 2 is 1.92 bits per heavy atom. The average molecular weight is 338 g/mol. The largest absolute Gasteiger partial charge is 0.444 e. The number of fused-ring (bicyclic) bond motifs is 1. The van der Waals surface area contributed by atoms with Crippen molar-refractivity contribution in [3.05, 3.63) is 0 Å². The summed E-state index contributed by atoms with van der Waals surface area (Å²) >= 11 is 0. The second-order valence-corrected chi connectivity index (χ2v) is 8.66. The topological polar surface area (TPSA) is 50.8 Å². The fourth-order valence-corrected chi connectivity index (χ4v) is 4.46. The van der Waals surface area contributed by atoms with Crippen molar-refractivity contribution in [1.82, 2.24) is 10.2 Å². The fraction of sp³-hybridized carbons (Fsp3) is 0.947. The van der Waals surface area contributed by atoms with Crippen LogP contribution in [0.3, 0.4) is 0 Å². The normalized spacial score (nSPS) is 34.5. The van der Waals surface area contributed by atoms with Crippen molar-refractivity contribution in [3.63, 3.8) is 0 Å². The summed E-state index contributed by atoms with van der Waals surface area (Å²) in [7, 11) is 0. The lowest BCUT2D eigenvalue weighted by molar-refractivity contribution is 0.0255. The molecule has 0 spiro atoms. The van der Waals surface area contributed by atoms with E-state index in [1.807, 2.05) is 25.7 Å². The summed E-state index contributed by atoms with van der Waals surface area (Å²) in [5.41, 5.74) is -0.416. The number of hydrogen-bond donors (Lipinski definition) is 1.